The molecule has 5 nitrogen and oxygen atoms in total. The fourth-order valence-corrected chi connectivity index (χ4v) is 3.66. The predicted octanol–water partition coefficient (Wildman–Crippen LogP) is 4.31. The first-order valence-electron chi connectivity index (χ1n) is 9.66. The Labute approximate surface area is 169 Å². The van der Waals surface area contributed by atoms with Crippen LogP contribution in [0.15, 0.2) is 60.8 Å². The first-order chi connectivity index (χ1) is 14.1. The van der Waals surface area contributed by atoms with Crippen molar-refractivity contribution in [1.29, 1.82) is 0 Å². The molecule has 29 heavy (non-hydrogen) atoms. The number of rotatable bonds is 4. The Morgan fingerprint density at radius 3 is 2.59 bits per heavy atom. The number of ether oxygens (including phenoxy) is 1. The van der Waals surface area contributed by atoms with Gasteiger partial charge in [0.2, 0.25) is 0 Å². The number of piperidine rings is 1. The van der Waals surface area contributed by atoms with Gasteiger partial charge in [-0.1, -0.05) is 0 Å². The van der Waals surface area contributed by atoms with Crippen LogP contribution < -0.4 is 4.74 Å². The van der Waals surface area contributed by atoms with E-state index in [1.54, 1.807) is 13.3 Å². The first-order valence-corrected chi connectivity index (χ1v) is 9.66. The van der Waals surface area contributed by atoms with Gasteiger partial charge in [-0.15, -0.1) is 0 Å². The van der Waals surface area contributed by atoms with Crippen molar-refractivity contribution >= 4 is 5.91 Å². The molecule has 0 unspecified atom stereocenters. The maximum Gasteiger partial charge on any atom is 0.253 e. The highest BCUT2D eigenvalue weighted by Crippen LogP contribution is 2.28. The lowest BCUT2D eigenvalue weighted by atomic mass is 9.94. The van der Waals surface area contributed by atoms with Crippen LogP contribution in [0.4, 0.5) is 4.39 Å². The number of benzene rings is 2. The topological polar surface area (TPSA) is 55.3 Å². The maximum atomic E-state index is 13.1. The van der Waals surface area contributed by atoms with Gasteiger partial charge < -0.3 is 9.64 Å². The highest BCUT2D eigenvalue weighted by atomic mass is 19.1. The minimum atomic E-state index is -0.342. The molecule has 1 aromatic heterocycles. The van der Waals surface area contributed by atoms with Crippen LogP contribution >= 0.6 is 0 Å². The summed E-state index contributed by atoms with van der Waals surface area (Å²) < 4.78 is 18.4. The standard InChI is InChI=1S/C23H22FN3O2/c1-29-20-10-6-16(7-11-20)22-25-13-12-21(26-22)18-3-2-14-27(15-18)23(28)17-4-8-19(24)9-5-17/h4-13,18H,2-3,14-15H2,1H3/t18-/m0/s1. The Bertz CT molecular complexity index is 990. The fourth-order valence-electron chi connectivity index (χ4n) is 3.66. The van der Waals surface area contributed by atoms with E-state index >= 15 is 0 Å². The van der Waals surface area contributed by atoms with Gasteiger partial charge in [0.15, 0.2) is 5.82 Å². The van der Waals surface area contributed by atoms with Gasteiger partial charge in [-0.3, -0.25) is 4.79 Å². The number of carbonyl (C=O) groups excluding carboxylic acids is 1. The number of likely N-dealkylation sites (tertiary alicyclic amines) is 1. The van der Waals surface area contributed by atoms with Crippen LogP contribution in [0.3, 0.4) is 0 Å². The van der Waals surface area contributed by atoms with E-state index in [0.29, 0.717) is 24.5 Å². The molecule has 0 saturated carbocycles. The van der Waals surface area contributed by atoms with Crippen molar-refractivity contribution in [1.82, 2.24) is 14.9 Å². The van der Waals surface area contributed by atoms with E-state index in [0.717, 1.165) is 29.8 Å². The van der Waals surface area contributed by atoms with Crippen LogP contribution in [0.25, 0.3) is 11.4 Å². The van der Waals surface area contributed by atoms with Crippen LogP contribution in [0.1, 0.15) is 34.8 Å². The Balaban J connectivity index is 1.52. The summed E-state index contributed by atoms with van der Waals surface area (Å²) in [6.45, 7) is 1.29. The largest absolute Gasteiger partial charge is 0.497 e. The monoisotopic (exact) mass is 391 g/mol. The Morgan fingerprint density at radius 2 is 1.86 bits per heavy atom. The lowest BCUT2D eigenvalue weighted by Gasteiger charge is -2.32. The molecule has 6 heteroatoms. The zero-order valence-electron chi connectivity index (χ0n) is 16.2. The highest BCUT2D eigenvalue weighted by molar-refractivity contribution is 5.94. The summed E-state index contributed by atoms with van der Waals surface area (Å²) in [6, 6.07) is 15.3. The molecule has 0 radical (unpaired) electrons. The zero-order chi connectivity index (χ0) is 20.2. The average Bonchev–Trinajstić information content (AvgIpc) is 2.79. The van der Waals surface area contributed by atoms with Gasteiger partial charge in [0.05, 0.1) is 7.11 Å². The van der Waals surface area contributed by atoms with Gasteiger partial charge >= 0.3 is 0 Å². The molecular weight excluding hydrogens is 369 g/mol. The van der Waals surface area contributed by atoms with E-state index < -0.39 is 0 Å². The van der Waals surface area contributed by atoms with Crippen molar-refractivity contribution in [2.75, 3.05) is 20.2 Å². The van der Waals surface area contributed by atoms with Crippen LogP contribution in [0, 0.1) is 5.82 Å². The fraction of sp³-hybridized carbons (Fsp3) is 0.261. The number of carbonyl (C=O) groups is 1. The molecule has 1 aliphatic heterocycles. The number of hydrogen-bond donors (Lipinski definition) is 0. The van der Waals surface area contributed by atoms with Crippen molar-refractivity contribution in [3.05, 3.63) is 77.9 Å². The molecule has 0 aliphatic carbocycles. The number of nitrogens with zero attached hydrogens (tertiary/aromatic N) is 3. The Morgan fingerprint density at radius 1 is 1.10 bits per heavy atom. The Kier molecular flexibility index (Phi) is 5.51. The van der Waals surface area contributed by atoms with E-state index in [1.807, 2.05) is 35.2 Å². The van der Waals surface area contributed by atoms with Gasteiger partial charge in [0.25, 0.3) is 5.91 Å². The molecule has 3 aromatic rings. The molecule has 4 rings (SSSR count). The third-order valence-electron chi connectivity index (χ3n) is 5.24. The molecule has 1 aliphatic rings. The summed E-state index contributed by atoms with van der Waals surface area (Å²) in [5.41, 5.74) is 2.36. The molecule has 2 aromatic carbocycles. The van der Waals surface area contributed by atoms with E-state index in [-0.39, 0.29) is 17.6 Å². The number of aromatic nitrogens is 2. The van der Waals surface area contributed by atoms with Crippen molar-refractivity contribution in [2.45, 2.75) is 18.8 Å². The average molecular weight is 391 g/mol. The normalized spacial score (nSPS) is 16.5. The van der Waals surface area contributed by atoms with Crippen LogP contribution in [-0.4, -0.2) is 41.0 Å². The summed E-state index contributed by atoms with van der Waals surface area (Å²) in [7, 11) is 1.63. The Hall–Kier alpha value is -3.28. The number of hydrogen-bond acceptors (Lipinski definition) is 4. The number of amides is 1. The number of halogens is 1. The highest BCUT2D eigenvalue weighted by Gasteiger charge is 2.26. The first kappa shape index (κ1) is 19.1. The van der Waals surface area contributed by atoms with Gasteiger partial charge in [0.1, 0.15) is 11.6 Å². The minimum absolute atomic E-state index is 0.0702. The second-order valence-electron chi connectivity index (χ2n) is 7.13. The third kappa shape index (κ3) is 4.26. The van der Waals surface area contributed by atoms with E-state index in [9.17, 15) is 9.18 Å². The van der Waals surface area contributed by atoms with Gasteiger partial charge in [0, 0.05) is 42.0 Å². The van der Waals surface area contributed by atoms with Gasteiger partial charge in [-0.05, 0) is 67.4 Å². The smallest absolute Gasteiger partial charge is 0.253 e. The molecule has 0 bridgehead atoms. The number of methoxy groups -OCH3 is 1. The molecule has 1 saturated heterocycles. The van der Waals surface area contributed by atoms with Crippen LogP contribution in [-0.2, 0) is 0 Å². The molecular formula is C23H22FN3O2. The summed E-state index contributed by atoms with van der Waals surface area (Å²) in [4.78, 5) is 23.8. The molecule has 0 spiro atoms. The van der Waals surface area contributed by atoms with Crippen LogP contribution in [0.2, 0.25) is 0 Å². The minimum Gasteiger partial charge on any atom is -0.497 e. The molecule has 1 fully saturated rings. The van der Waals surface area contributed by atoms with Crippen molar-refractivity contribution < 1.29 is 13.9 Å². The summed E-state index contributed by atoms with van der Waals surface area (Å²) in [5, 5.41) is 0. The van der Waals surface area contributed by atoms with Crippen molar-refractivity contribution in [3.8, 4) is 17.1 Å². The quantitative estimate of drug-likeness (QED) is 0.665. The van der Waals surface area contributed by atoms with Gasteiger partial charge in [-0.25, -0.2) is 14.4 Å². The van der Waals surface area contributed by atoms with Crippen molar-refractivity contribution in [3.63, 3.8) is 0 Å². The predicted molar refractivity (Wildman–Crippen MR) is 108 cm³/mol. The van der Waals surface area contributed by atoms with E-state index in [1.165, 1.54) is 24.3 Å². The van der Waals surface area contributed by atoms with E-state index in [2.05, 4.69) is 4.98 Å². The SMILES string of the molecule is COc1ccc(-c2nccc([C@H]3CCCN(C(=O)c4ccc(F)cc4)C3)n2)cc1. The zero-order valence-corrected chi connectivity index (χ0v) is 16.2. The molecule has 1 amide bonds. The molecule has 0 N–H and O–H groups in total. The third-order valence-corrected chi connectivity index (χ3v) is 5.24. The van der Waals surface area contributed by atoms with Gasteiger partial charge in [-0.2, -0.15) is 0 Å². The summed E-state index contributed by atoms with van der Waals surface area (Å²) >= 11 is 0. The molecule has 148 valence electrons. The lowest BCUT2D eigenvalue weighted by Crippen LogP contribution is -2.39. The van der Waals surface area contributed by atoms with E-state index in [4.69, 9.17) is 9.72 Å². The summed E-state index contributed by atoms with van der Waals surface area (Å²) in [6.07, 6.45) is 3.63. The molecule has 1 atom stereocenters. The maximum absolute atomic E-state index is 13.1. The molecule has 2 heterocycles. The summed E-state index contributed by atoms with van der Waals surface area (Å²) in [5.74, 6) is 1.18. The lowest BCUT2D eigenvalue weighted by molar-refractivity contribution is 0.0706. The second-order valence-corrected chi connectivity index (χ2v) is 7.13. The van der Waals surface area contributed by atoms with Crippen LogP contribution in [0.5, 0.6) is 5.75 Å². The second kappa shape index (κ2) is 8.39. The van der Waals surface area contributed by atoms with Crippen molar-refractivity contribution in [2.24, 2.45) is 0 Å².